The second-order valence-corrected chi connectivity index (χ2v) is 13.0. The molecule has 3 aliphatic heterocycles. The minimum Gasteiger partial charge on any atom is -0.447 e. The lowest BCUT2D eigenvalue weighted by Gasteiger charge is -2.32. The highest BCUT2D eigenvalue weighted by atomic mass is 28.4. The zero-order valence-electron chi connectivity index (χ0n) is 18.2. The van der Waals surface area contributed by atoms with E-state index in [1.54, 1.807) is 21.9 Å². The van der Waals surface area contributed by atoms with Crippen LogP contribution in [-0.2, 0) is 19.9 Å². The maximum absolute atomic E-state index is 13.8. The van der Waals surface area contributed by atoms with Crippen molar-refractivity contribution in [3.63, 3.8) is 0 Å². The van der Waals surface area contributed by atoms with Gasteiger partial charge in [0.15, 0.2) is 13.9 Å². The molecule has 1 aromatic rings. The fourth-order valence-electron chi connectivity index (χ4n) is 5.57. The van der Waals surface area contributed by atoms with E-state index in [0.29, 0.717) is 43.1 Å². The molecule has 3 heterocycles. The summed E-state index contributed by atoms with van der Waals surface area (Å²) in [5.41, 5.74) is 0.532. The van der Waals surface area contributed by atoms with E-state index >= 15 is 0 Å². The molecule has 0 aliphatic carbocycles. The number of fused-ring (bicyclic) bond motifs is 2. The number of carbonyl (C=O) groups is 2. The Labute approximate surface area is 183 Å². The highest BCUT2D eigenvalue weighted by Crippen LogP contribution is 2.60. The van der Waals surface area contributed by atoms with Crippen LogP contribution in [0.25, 0.3) is 0 Å². The van der Waals surface area contributed by atoms with Crippen LogP contribution in [0.3, 0.4) is 0 Å². The number of cyclic esters (lactones) is 1. The summed E-state index contributed by atoms with van der Waals surface area (Å²) in [5.74, 6) is -0.503. The lowest BCUT2D eigenvalue weighted by molar-refractivity contribution is -0.146. The van der Waals surface area contributed by atoms with E-state index in [1.165, 1.54) is 0 Å². The van der Waals surface area contributed by atoms with E-state index < -0.39 is 26.1 Å². The number of ether oxygens (including phenoxy) is 2. The number of amides is 2. The molecule has 4 rings (SSSR count). The molecule has 0 saturated carbocycles. The molecule has 0 bridgehead atoms. The van der Waals surface area contributed by atoms with E-state index in [1.807, 2.05) is 32.2 Å². The molecule has 1 aromatic carbocycles. The summed E-state index contributed by atoms with van der Waals surface area (Å²) < 4.78 is 11.6. The highest BCUT2D eigenvalue weighted by Gasteiger charge is 2.66. The van der Waals surface area contributed by atoms with Crippen molar-refractivity contribution in [2.75, 3.05) is 36.1 Å². The minimum atomic E-state index is -2.73. The predicted molar refractivity (Wildman–Crippen MR) is 119 cm³/mol. The van der Waals surface area contributed by atoms with Crippen LogP contribution in [0.5, 0.6) is 0 Å². The van der Waals surface area contributed by atoms with E-state index in [-0.39, 0.29) is 24.0 Å². The van der Waals surface area contributed by atoms with Gasteiger partial charge in [-0.25, -0.2) is 4.79 Å². The predicted octanol–water partition coefficient (Wildman–Crippen LogP) is 2.36. The number of hydrogen-bond donors (Lipinski definition) is 2. The van der Waals surface area contributed by atoms with Gasteiger partial charge in [0.2, 0.25) is 0 Å². The summed E-state index contributed by atoms with van der Waals surface area (Å²) in [7, 11) is -2.73. The lowest BCUT2D eigenvalue weighted by atomic mass is 9.82. The number of benzene rings is 1. The van der Waals surface area contributed by atoms with E-state index in [0.717, 1.165) is 0 Å². The summed E-state index contributed by atoms with van der Waals surface area (Å²) in [6, 6.07) is 5.48. The van der Waals surface area contributed by atoms with Crippen molar-refractivity contribution in [3.05, 3.63) is 36.4 Å². The van der Waals surface area contributed by atoms with Gasteiger partial charge in [-0.05, 0) is 37.7 Å². The van der Waals surface area contributed by atoms with Gasteiger partial charge in [-0.3, -0.25) is 9.69 Å². The maximum atomic E-state index is 13.8. The first-order valence-electron chi connectivity index (χ1n) is 10.7. The normalized spacial score (nSPS) is 30.3. The maximum Gasteiger partial charge on any atom is 0.414 e. The van der Waals surface area contributed by atoms with Crippen LogP contribution in [0, 0.1) is 5.92 Å². The molecule has 3 aliphatic rings. The van der Waals surface area contributed by atoms with Crippen LogP contribution in [0.4, 0.5) is 16.2 Å². The van der Waals surface area contributed by atoms with E-state index in [9.17, 15) is 19.5 Å². The molecule has 9 heteroatoms. The van der Waals surface area contributed by atoms with Crippen molar-refractivity contribution in [1.29, 1.82) is 0 Å². The SMILES string of the molecule is C=CCN1C(=O)[C@]2(O[C@H](CCO)[C@@H]([Si](C)(C)O)[C@@H]2C)c2cc(N3CCOC3=O)ccc21. The van der Waals surface area contributed by atoms with E-state index in [4.69, 9.17) is 9.47 Å². The van der Waals surface area contributed by atoms with Crippen LogP contribution >= 0.6 is 0 Å². The summed E-state index contributed by atoms with van der Waals surface area (Å²) in [5, 5.41) is 9.63. The molecule has 168 valence electrons. The first-order valence-corrected chi connectivity index (χ1v) is 13.7. The first-order chi connectivity index (χ1) is 14.7. The number of aliphatic hydroxyl groups excluding tert-OH is 1. The van der Waals surface area contributed by atoms with Crippen LogP contribution in [0.2, 0.25) is 18.6 Å². The summed E-state index contributed by atoms with van der Waals surface area (Å²) in [6.07, 6.45) is 1.16. The number of anilines is 2. The minimum absolute atomic E-state index is 0.0917. The quantitative estimate of drug-likeness (QED) is 0.514. The van der Waals surface area contributed by atoms with Crippen molar-refractivity contribution in [2.24, 2.45) is 5.92 Å². The van der Waals surface area contributed by atoms with Gasteiger partial charge < -0.3 is 24.3 Å². The van der Waals surface area contributed by atoms with Crippen LogP contribution < -0.4 is 9.80 Å². The molecule has 2 fully saturated rings. The monoisotopic (exact) mass is 446 g/mol. The van der Waals surface area contributed by atoms with Gasteiger partial charge in [-0.1, -0.05) is 13.0 Å². The molecule has 8 nitrogen and oxygen atoms in total. The molecule has 0 aromatic heterocycles. The molecule has 0 radical (unpaired) electrons. The number of aliphatic hydroxyl groups is 1. The molecule has 2 amide bonds. The average Bonchev–Trinajstić information content (AvgIpc) is 3.32. The molecule has 2 N–H and O–H groups in total. The largest absolute Gasteiger partial charge is 0.447 e. The molecular formula is C22H30N2O6Si. The molecule has 1 spiro atoms. The zero-order valence-corrected chi connectivity index (χ0v) is 19.2. The topological polar surface area (TPSA) is 99.5 Å². The van der Waals surface area contributed by atoms with Crippen molar-refractivity contribution < 1.29 is 29.0 Å². The number of carbonyl (C=O) groups excluding carboxylic acids is 2. The fraction of sp³-hybridized carbons (Fsp3) is 0.545. The Balaban J connectivity index is 1.87. The van der Waals surface area contributed by atoms with Crippen molar-refractivity contribution in [2.45, 2.75) is 43.7 Å². The van der Waals surface area contributed by atoms with Gasteiger partial charge in [0.25, 0.3) is 5.91 Å². The summed E-state index contributed by atoms with van der Waals surface area (Å²) in [4.78, 5) is 40.2. The highest BCUT2D eigenvalue weighted by molar-refractivity contribution is 6.71. The summed E-state index contributed by atoms with van der Waals surface area (Å²) >= 11 is 0. The Hall–Kier alpha value is -2.20. The molecule has 31 heavy (non-hydrogen) atoms. The lowest BCUT2D eigenvalue weighted by Crippen LogP contribution is -2.46. The van der Waals surface area contributed by atoms with Crippen molar-refractivity contribution >= 4 is 31.7 Å². The number of hydrogen-bond acceptors (Lipinski definition) is 6. The number of rotatable bonds is 6. The second-order valence-electron chi connectivity index (χ2n) is 9.04. The van der Waals surface area contributed by atoms with Gasteiger partial charge in [-0.15, -0.1) is 6.58 Å². The third-order valence-corrected chi connectivity index (χ3v) is 9.27. The Morgan fingerprint density at radius 3 is 2.68 bits per heavy atom. The molecular weight excluding hydrogens is 416 g/mol. The Bertz CT molecular complexity index is 916. The second kappa shape index (κ2) is 7.74. The van der Waals surface area contributed by atoms with Crippen LogP contribution in [0.15, 0.2) is 30.9 Å². The standard InChI is InChI=1S/C22H30N2O6Si/c1-5-9-24-17-7-6-15(23-10-12-29-21(23)27)13-16(17)22(20(24)26)14(2)19(31(3,4)28)18(30-22)8-11-25/h5-7,13-14,18-19,25,28H,1,8-12H2,2-4H3/t14-,18+,19-,22+/m0/s1. The zero-order chi connectivity index (χ0) is 22.6. The summed E-state index contributed by atoms with van der Waals surface area (Å²) in [6.45, 7) is 10.4. The number of nitrogens with zero attached hydrogens (tertiary/aromatic N) is 2. The van der Waals surface area contributed by atoms with Gasteiger partial charge in [0.1, 0.15) is 6.61 Å². The Kier molecular flexibility index (Phi) is 5.49. The molecule has 0 unspecified atom stereocenters. The van der Waals surface area contributed by atoms with Gasteiger partial charge >= 0.3 is 6.09 Å². The Morgan fingerprint density at radius 2 is 2.10 bits per heavy atom. The van der Waals surface area contributed by atoms with Crippen molar-refractivity contribution in [3.8, 4) is 0 Å². The van der Waals surface area contributed by atoms with E-state index in [2.05, 4.69) is 6.58 Å². The van der Waals surface area contributed by atoms with Gasteiger partial charge in [0, 0.05) is 35.9 Å². The molecule has 2 saturated heterocycles. The van der Waals surface area contributed by atoms with Crippen LogP contribution in [0.1, 0.15) is 18.9 Å². The Morgan fingerprint density at radius 1 is 1.35 bits per heavy atom. The van der Waals surface area contributed by atoms with Crippen LogP contribution in [-0.4, -0.2) is 62.6 Å². The third-order valence-electron chi connectivity index (χ3n) is 6.77. The van der Waals surface area contributed by atoms with Gasteiger partial charge in [0.05, 0.1) is 18.3 Å². The van der Waals surface area contributed by atoms with Crippen molar-refractivity contribution in [1.82, 2.24) is 0 Å². The van der Waals surface area contributed by atoms with Gasteiger partial charge in [-0.2, -0.15) is 0 Å². The average molecular weight is 447 g/mol. The molecule has 4 atom stereocenters. The first kappa shape index (κ1) is 22.0. The smallest absolute Gasteiger partial charge is 0.414 e. The fourth-order valence-corrected chi connectivity index (χ4v) is 8.17. The third kappa shape index (κ3) is 3.22.